The highest BCUT2D eigenvalue weighted by Gasteiger charge is 2.15. The monoisotopic (exact) mass is 406 g/mol. The lowest BCUT2D eigenvalue weighted by Crippen LogP contribution is -2.00. The molecule has 0 atom stereocenters. The summed E-state index contributed by atoms with van der Waals surface area (Å²) in [6.07, 6.45) is 2.58. The Morgan fingerprint density at radius 3 is 2.69 bits per heavy atom. The first-order valence-electron chi connectivity index (χ1n) is 9.67. The molecule has 4 aromatic rings. The molecule has 0 aliphatic rings. The van der Waals surface area contributed by atoms with Crippen molar-refractivity contribution in [2.45, 2.75) is 25.7 Å². The highest BCUT2D eigenvalue weighted by molar-refractivity contribution is 7.08. The van der Waals surface area contributed by atoms with Gasteiger partial charge in [-0.3, -0.25) is 9.36 Å². The first-order chi connectivity index (χ1) is 14.2. The molecule has 1 N–H and O–H groups in total. The van der Waals surface area contributed by atoms with E-state index in [1.807, 2.05) is 36.4 Å². The van der Waals surface area contributed by atoms with Crippen LogP contribution in [0.3, 0.4) is 0 Å². The SMILES string of the molecule is O=C(O)CCCCCOc1ccc2nc(-c3ccccc3)n(-c3ccsc3)c2c1. The van der Waals surface area contributed by atoms with Gasteiger partial charge in [0.2, 0.25) is 0 Å². The fraction of sp³-hybridized carbons (Fsp3) is 0.217. The summed E-state index contributed by atoms with van der Waals surface area (Å²) in [5, 5.41) is 12.9. The van der Waals surface area contributed by atoms with Crippen molar-refractivity contribution in [3.8, 4) is 22.8 Å². The Hall–Kier alpha value is -3.12. The maximum atomic E-state index is 10.6. The lowest BCUT2D eigenvalue weighted by Gasteiger charge is -2.09. The zero-order valence-corrected chi connectivity index (χ0v) is 16.8. The van der Waals surface area contributed by atoms with Gasteiger partial charge in [0.1, 0.15) is 11.6 Å². The molecule has 0 fully saturated rings. The lowest BCUT2D eigenvalue weighted by molar-refractivity contribution is -0.137. The van der Waals surface area contributed by atoms with Crippen LogP contribution in [0.4, 0.5) is 0 Å². The van der Waals surface area contributed by atoms with Crippen LogP contribution in [-0.2, 0) is 4.79 Å². The first kappa shape index (κ1) is 19.2. The van der Waals surface area contributed by atoms with Crippen LogP contribution in [0, 0.1) is 0 Å². The summed E-state index contributed by atoms with van der Waals surface area (Å²) in [6, 6.07) is 18.2. The van der Waals surface area contributed by atoms with Gasteiger partial charge in [-0.2, -0.15) is 11.3 Å². The highest BCUT2D eigenvalue weighted by Crippen LogP contribution is 2.31. The average molecular weight is 407 g/mol. The van der Waals surface area contributed by atoms with Gasteiger partial charge in [-0.15, -0.1) is 0 Å². The lowest BCUT2D eigenvalue weighted by atomic mass is 10.2. The molecule has 148 valence electrons. The number of thiophene rings is 1. The van der Waals surface area contributed by atoms with E-state index < -0.39 is 5.97 Å². The van der Waals surface area contributed by atoms with Gasteiger partial charge in [0.25, 0.3) is 0 Å². The molecular weight excluding hydrogens is 384 g/mol. The Morgan fingerprint density at radius 1 is 1.07 bits per heavy atom. The van der Waals surface area contributed by atoms with Crippen LogP contribution >= 0.6 is 11.3 Å². The average Bonchev–Trinajstić information content (AvgIpc) is 3.38. The second-order valence-electron chi connectivity index (χ2n) is 6.82. The molecular formula is C23H22N2O3S. The van der Waals surface area contributed by atoms with Gasteiger partial charge < -0.3 is 9.84 Å². The number of aromatic nitrogens is 2. The number of carbonyl (C=O) groups is 1. The van der Waals surface area contributed by atoms with Crippen molar-refractivity contribution in [1.29, 1.82) is 0 Å². The van der Waals surface area contributed by atoms with E-state index in [-0.39, 0.29) is 6.42 Å². The van der Waals surface area contributed by atoms with Crippen LogP contribution in [0.5, 0.6) is 5.75 Å². The topological polar surface area (TPSA) is 64.3 Å². The zero-order chi connectivity index (χ0) is 20.1. The number of hydrogen-bond acceptors (Lipinski definition) is 4. The van der Waals surface area contributed by atoms with E-state index in [0.717, 1.165) is 46.7 Å². The molecule has 6 heteroatoms. The molecule has 0 spiro atoms. The second kappa shape index (κ2) is 8.92. The molecule has 0 saturated carbocycles. The summed E-state index contributed by atoms with van der Waals surface area (Å²) < 4.78 is 8.09. The third kappa shape index (κ3) is 4.49. The number of carboxylic acid groups (broad SMARTS) is 1. The Bertz CT molecular complexity index is 1090. The van der Waals surface area contributed by atoms with E-state index in [1.54, 1.807) is 11.3 Å². The normalized spacial score (nSPS) is 11.0. The minimum atomic E-state index is -0.743. The molecule has 0 radical (unpaired) electrons. The number of nitrogens with zero attached hydrogens (tertiary/aromatic N) is 2. The summed E-state index contributed by atoms with van der Waals surface area (Å²) in [4.78, 5) is 15.4. The van der Waals surface area contributed by atoms with E-state index in [1.165, 1.54) is 0 Å². The maximum Gasteiger partial charge on any atom is 0.303 e. The van der Waals surface area contributed by atoms with Gasteiger partial charge in [0.15, 0.2) is 0 Å². The van der Waals surface area contributed by atoms with Crippen molar-refractivity contribution >= 4 is 28.3 Å². The molecule has 2 heterocycles. The number of unbranched alkanes of at least 4 members (excludes halogenated alkanes) is 2. The van der Waals surface area contributed by atoms with Crippen LogP contribution in [0.2, 0.25) is 0 Å². The van der Waals surface area contributed by atoms with Crippen LogP contribution < -0.4 is 4.74 Å². The molecule has 0 amide bonds. The fourth-order valence-electron chi connectivity index (χ4n) is 3.32. The van der Waals surface area contributed by atoms with Crippen molar-refractivity contribution in [2.75, 3.05) is 6.61 Å². The van der Waals surface area contributed by atoms with Gasteiger partial charge >= 0.3 is 5.97 Å². The Labute approximate surface area is 173 Å². The maximum absolute atomic E-state index is 10.6. The van der Waals surface area contributed by atoms with Crippen LogP contribution in [-0.4, -0.2) is 27.2 Å². The molecule has 0 aliphatic heterocycles. The Kier molecular flexibility index (Phi) is 5.91. The number of hydrogen-bond donors (Lipinski definition) is 1. The van der Waals surface area contributed by atoms with Crippen molar-refractivity contribution < 1.29 is 14.6 Å². The Balaban J connectivity index is 1.59. The summed E-state index contributed by atoms with van der Waals surface area (Å²) in [5.41, 5.74) is 4.08. The quantitative estimate of drug-likeness (QED) is 0.358. The smallest absolute Gasteiger partial charge is 0.303 e. The van der Waals surface area contributed by atoms with E-state index in [9.17, 15) is 4.79 Å². The van der Waals surface area contributed by atoms with E-state index in [0.29, 0.717) is 13.0 Å². The zero-order valence-electron chi connectivity index (χ0n) is 16.0. The minimum Gasteiger partial charge on any atom is -0.494 e. The van der Waals surface area contributed by atoms with E-state index >= 15 is 0 Å². The van der Waals surface area contributed by atoms with Crippen LogP contribution in [0.15, 0.2) is 65.4 Å². The van der Waals surface area contributed by atoms with Gasteiger partial charge in [0, 0.05) is 23.4 Å². The Morgan fingerprint density at radius 2 is 1.93 bits per heavy atom. The van der Waals surface area contributed by atoms with Crippen LogP contribution in [0.25, 0.3) is 28.1 Å². The first-order valence-corrected chi connectivity index (χ1v) is 10.6. The molecule has 2 aromatic heterocycles. The summed E-state index contributed by atoms with van der Waals surface area (Å²) in [5.74, 6) is 0.962. The molecule has 0 unspecified atom stereocenters. The number of carboxylic acids is 1. The molecule has 0 saturated heterocycles. The number of rotatable bonds is 9. The summed E-state index contributed by atoms with van der Waals surface area (Å²) >= 11 is 1.66. The molecule has 2 aromatic carbocycles. The van der Waals surface area contributed by atoms with E-state index in [2.05, 4.69) is 33.5 Å². The largest absolute Gasteiger partial charge is 0.494 e. The van der Waals surface area contributed by atoms with Crippen molar-refractivity contribution in [3.05, 3.63) is 65.4 Å². The second-order valence-corrected chi connectivity index (χ2v) is 7.60. The van der Waals surface area contributed by atoms with Crippen LogP contribution in [0.1, 0.15) is 25.7 Å². The predicted molar refractivity (Wildman–Crippen MR) is 116 cm³/mol. The van der Waals surface area contributed by atoms with Crippen molar-refractivity contribution in [1.82, 2.24) is 9.55 Å². The highest BCUT2D eigenvalue weighted by atomic mass is 32.1. The minimum absolute atomic E-state index is 0.216. The van der Waals surface area contributed by atoms with Gasteiger partial charge in [-0.1, -0.05) is 30.3 Å². The molecule has 5 nitrogen and oxygen atoms in total. The van der Waals surface area contributed by atoms with Gasteiger partial charge in [-0.05, 0) is 42.8 Å². The third-order valence-electron chi connectivity index (χ3n) is 4.73. The number of fused-ring (bicyclic) bond motifs is 1. The van der Waals surface area contributed by atoms with E-state index in [4.69, 9.17) is 14.8 Å². The third-order valence-corrected chi connectivity index (χ3v) is 5.40. The fourth-order valence-corrected chi connectivity index (χ4v) is 3.94. The van der Waals surface area contributed by atoms with Gasteiger partial charge in [0.05, 0.1) is 23.3 Å². The molecule has 0 bridgehead atoms. The number of benzene rings is 2. The molecule has 4 rings (SSSR count). The molecule has 29 heavy (non-hydrogen) atoms. The number of imidazole rings is 1. The summed E-state index contributed by atoms with van der Waals surface area (Å²) in [7, 11) is 0. The van der Waals surface area contributed by atoms with Crippen molar-refractivity contribution in [3.63, 3.8) is 0 Å². The number of ether oxygens (including phenoxy) is 1. The summed E-state index contributed by atoms with van der Waals surface area (Å²) in [6.45, 7) is 0.573. The van der Waals surface area contributed by atoms with Gasteiger partial charge in [-0.25, -0.2) is 4.98 Å². The molecule has 0 aliphatic carbocycles. The predicted octanol–water partition coefficient (Wildman–Crippen LogP) is 5.78. The number of aliphatic carboxylic acids is 1. The standard InChI is InChI=1S/C23H22N2O3S/c26-22(27)9-5-2-6-13-28-19-10-11-20-21(15-19)25(18-12-14-29-16-18)23(24-20)17-7-3-1-4-8-17/h1,3-4,7-8,10-12,14-16H,2,5-6,9,13H2,(H,26,27). The van der Waals surface area contributed by atoms with Crippen molar-refractivity contribution in [2.24, 2.45) is 0 Å².